The van der Waals surface area contributed by atoms with Gasteiger partial charge in [0, 0.05) is 16.8 Å². The van der Waals surface area contributed by atoms with Crippen LogP contribution in [0.25, 0.3) is 86.9 Å². The lowest BCUT2D eigenvalue weighted by atomic mass is 9.70. The number of hydrogen-bond donors (Lipinski definition) is 0. The van der Waals surface area contributed by atoms with Gasteiger partial charge in [0.15, 0.2) is 0 Å². The maximum Gasteiger partial charge on any atom is 0.0726 e. The van der Waals surface area contributed by atoms with E-state index in [0.717, 1.165) is 17.1 Å². The Kier molecular flexibility index (Phi) is 6.82. The number of hydrogen-bond acceptors (Lipinski definition) is 1. The molecular formula is C61H37N. The van der Waals surface area contributed by atoms with Crippen molar-refractivity contribution in [1.29, 1.82) is 0 Å². The molecular weight excluding hydrogens is 747 g/mol. The summed E-state index contributed by atoms with van der Waals surface area (Å²) in [5, 5.41) is 15.2. The van der Waals surface area contributed by atoms with Gasteiger partial charge in [0.1, 0.15) is 0 Å². The number of nitrogens with zero attached hydrogens (tertiary/aromatic N) is 1. The van der Waals surface area contributed by atoms with Gasteiger partial charge in [-0.25, -0.2) is 0 Å². The van der Waals surface area contributed by atoms with Crippen LogP contribution in [0.3, 0.4) is 0 Å². The number of anilines is 3. The fourth-order valence-corrected chi connectivity index (χ4v) is 11.8. The molecule has 12 aromatic rings. The van der Waals surface area contributed by atoms with Crippen molar-refractivity contribution >= 4 is 81.7 Å². The first-order chi connectivity index (χ1) is 30.8. The van der Waals surface area contributed by atoms with Crippen LogP contribution in [-0.4, -0.2) is 0 Å². The predicted octanol–water partition coefficient (Wildman–Crippen LogP) is 16.4. The third-order valence-corrected chi connectivity index (χ3v) is 14.2. The van der Waals surface area contributed by atoms with Gasteiger partial charge >= 0.3 is 0 Å². The molecule has 62 heavy (non-hydrogen) atoms. The fourth-order valence-electron chi connectivity index (χ4n) is 11.8. The molecule has 12 aromatic carbocycles. The monoisotopic (exact) mass is 783 g/mol. The van der Waals surface area contributed by atoms with Gasteiger partial charge in [0.2, 0.25) is 0 Å². The largest absolute Gasteiger partial charge is 0.310 e. The van der Waals surface area contributed by atoms with Crippen LogP contribution in [0.1, 0.15) is 22.3 Å². The smallest absolute Gasteiger partial charge is 0.0726 e. The summed E-state index contributed by atoms with van der Waals surface area (Å²) in [6.45, 7) is 0. The van der Waals surface area contributed by atoms with E-state index in [1.54, 1.807) is 0 Å². The minimum atomic E-state index is -0.457. The van der Waals surface area contributed by atoms with E-state index in [4.69, 9.17) is 0 Å². The van der Waals surface area contributed by atoms with E-state index >= 15 is 0 Å². The molecule has 0 N–H and O–H groups in total. The number of fused-ring (bicyclic) bond motifs is 22. The summed E-state index contributed by atoms with van der Waals surface area (Å²) < 4.78 is 0. The normalized spacial score (nSPS) is 13.3. The molecule has 1 spiro atoms. The van der Waals surface area contributed by atoms with E-state index in [0.29, 0.717) is 0 Å². The Balaban J connectivity index is 1.12. The third-order valence-electron chi connectivity index (χ3n) is 14.2. The Hall–Kier alpha value is -8.00. The zero-order chi connectivity index (χ0) is 40.5. The molecule has 0 aromatic heterocycles. The first kappa shape index (κ1) is 33.8. The van der Waals surface area contributed by atoms with E-state index < -0.39 is 5.41 Å². The molecule has 0 unspecified atom stereocenters. The standard InChI is InChI=1S/C61H37N/c1-2-18-42-40(16-1)41-17-4-6-22-46(41)54-36-38(32-34-47(42)54)62(59-31-15-27-53-45-20-5-3-19-43(45)44-21-7-8-26-52(44)60(53)59)39-33-35-51-50-25-11-14-30-57(50)61(58(51)37-39)55-28-12-9-23-48(55)49-24-10-13-29-56(49)61/h1-37H. The van der Waals surface area contributed by atoms with E-state index in [9.17, 15) is 0 Å². The molecule has 0 radical (unpaired) electrons. The highest BCUT2D eigenvalue weighted by atomic mass is 15.1. The van der Waals surface area contributed by atoms with E-state index in [-0.39, 0.29) is 0 Å². The molecule has 14 rings (SSSR count). The van der Waals surface area contributed by atoms with Crippen LogP contribution < -0.4 is 4.90 Å². The minimum Gasteiger partial charge on any atom is -0.310 e. The average molecular weight is 784 g/mol. The van der Waals surface area contributed by atoms with Crippen molar-refractivity contribution in [1.82, 2.24) is 0 Å². The Morgan fingerprint density at radius 2 is 0.597 bits per heavy atom. The second-order valence-electron chi connectivity index (χ2n) is 17.1. The van der Waals surface area contributed by atoms with E-state index in [1.165, 1.54) is 109 Å². The van der Waals surface area contributed by atoms with Crippen molar-refractivity contribution in [3.05, 3.63) is 247 Å². The van der Waals surface area contributed by atoms with E-state index in [2.05, 4.69) is 229 Å². The third kappa shape index (κ3) is 4.32. The number of rotatable bonds is 3. The van der Waals surface area contributed by atoms with Gasteiger partial charge in [0.05, 0.1) is 11.1 Å². The zero-order valence-electron chi connectivity index (χ0n) is 33.8. The van der Waals surface area contributed by atoms with Gasteiger partial charge in [-0.3, -0.25) is 0 Å². The summed E-state index contributed by atoms with van der Waals surface area (Å²) >= 11 is 0. The molecule has 1 heteroatoms. The first-order valence-corrected chi connectivity index (χ1v) is 21.7. The Morgan fingerprint density at radius 3 is 1.11 bits per heavy atom. The summed E-state index contributed by atoms with van der Waals surface area (Å²) in [7, 11) is 0. The predicted molar refractivity (Wildman–Crippen MR) is 262 cm³/mol. The molecule has 2 aliphatic carbocycles. The van der Waals surface area contributed by atoms with Gasteiger partial charge in [-0.2, -0.15) is 0 Å². The highest BCUT2D eigenvalue weighted by Crippen LogP contribution is 2.63. The lowest BCUT2D eigenvalue weighted by molar-refractivity contribution is 0.793. The molecule has 286 valence electrons. The van der Waals surface area contributed by atoms with Gasteiger partial charge in [-0.05, 0) is 134 Å². The van der Waals surface area contributed by atoms with E-state index in [1.807, 2.05) is 0 Å². The van der Waals surface area contributed by atoms with Crippen LogP contribution >= 0.6 is 0 Å². The van der Waals surface area contributed by atoms with Crippen molar-refractivity contribution in [2.45, 2.75) is 5.41 Å². The molecule has 2 aliphatic rings. The summed E-state index contributed by atoms with van der Waals surface area (Å²) in [4.78, 5) is 2.55. The number of benzene rings is 12. The highest BCUT2D eigenvalue weighted by Gasteiger charge is 2.51. The van der Waals surface area contributed by atoms with Crippen LogP contribution in [0.2, 0.25) is 0 Å². The van der Waals surface area contributed by atoms with Gasteiger partial charge in [-0.15, -0.1) is 0 Å². The minimum absolute atomic E-state index is 0.457. The summed E-state index contributed by atoms with van der Waals surface area (Å²) in [6.07, 6.45) is 0. The first-order valence-electron chi connectivity index (χ1n) is 21.7. The van der Waals surface area contributed by atoms with Crippen LogP contribution in [0.5, 0.6) is 0 Å². The fraction of sp³-hybridized carbons (Fsp3) is 0.0164. The molecule has 0 saturated carbocycles. The maximum absolute atomic E-state index is 2.55. The second-order valence-corrected chi connectivity index (χ2v) is 17.1. The molecule has 0 atom stereocenters. The van der Waals surface area contributed by atoms with Gasteiger partial charge in [0.25, 0.3) is 0 Å². The molecule has 0 bridgehead atoms. The zero-order valence-corrected chi connectivity index (χ0v) is 33.8. The molecule has 1 nitrogen and oxygen atoms in total. The van der Waals surface area contributed by atoms with Crippen LogP contribution in [0.15, 0.2) is 224 Å². The van der Waals surface area contributed by atoms with Gasteiger partial charge in [-0.1, -0.05) is 194 Å². The van der Waals surface area contributed by atoms with Crippen molar-refractivity contribution in [3.63, 3.8) is 0 Å². The summed E-state index contributed by atoms with van der Waals surface area (Å²) in [6, 6.07) is 84.3. The Bertz CT molecular complexity index is 3750. The second kappa shape index (κ2) is 12.5. The Morgan fingerprint density at radius 1 is 0.242 bits per heavy atom. The average Bonchev–Trinajstić information content (AvgIpc) is 3.81. The quantitative estimate of drug-likeness (QED) is 0.161. The molecule has 0 aliphatic heterocycles. The van der Waals surface area contributed by atoms with Crippen LogP contribution in [-0.2, 0) is 5.41 Å². The lowest BCUT2D eigenvalue weighted by Gasteiger charge is -2.32. The Labute approximate surface area is 359 Å². The maximum atomic E-state index is 2.55. The van der Waals surface area contributed by atoms with Crippen molar-refractivity contribution in [2.24, 2.45) is 0 Å². The highest BCUT2D eigenvalue weighted by molar-refractivity contribution is 6.29. The van der Waals surface area contributed by atoms with Crippen molar-refractivity contribution in [3.8, 4) is 22.3 Å². The molecule has 0 fully saturated rings. The lowest BCUT2D eigenvalue weighted by Crippen LogP contribution is -2.26. The molecule has 0 amide bonds. The summed E-state index contributed by atoms with van der Waals surface area (Å²) in [5.41, 5.74) is 13.6. The topological polar surface area (TPSA) is 3.24 Å². The SMILES string of the molecule is c1ccc2c(c1)-c1ccccc1C21c2ccccc2-c2ccc(N(c3ccc4c5ccccc5c5ccccc5c4c3)c3cccc4c5ccccc5c5ccccc5c34)cc21. The van der Waals surface area contributed by atoms with Crippen molar-refractivity contribution < 1.29 is 0 Å². The summed E-state index contributed by atoms with van der Waals surface area (Å²) in [5.74, 6) is 0. The van der Waals surface area contributed by atoms with Crippen LogP contribution in [0, 0.1) is 0 Å². The van der Waals surface area contributed by atoms with Crippen molar-refractivity contribution in [2.75, 3.05) is 4.90 Å². The van der Waals surface area contributed by atoms with Gasteiger partial charge < -0.3 is 4.90 Å². The van der Waals surface area contributed by atoms with Crippen LogP contribution in [0.4, 0.5) is 17.1 Å². The molecule has 0 heterocycles. The molecule has 0 saturated heterocycles.